The van der Waals surface area contributed by atoms with Crippen LogP contribution in [0.4, 0.5) is 5.69 Å². The van der Waals surface area contributed by atoms with Crippen molar-refractivity contribution in [2.75, 3.05) is 19.0 Å². The van der Waals surface area contributed by atoms with Crippen molar-refractivity contribution in [3.05, 3.63) is 99.2 Å². The van der Waals surface area contributed by atoms with E-state index in [9.17, 15) is 19.2 Å². The number of methoxy groups -OCH3 is 1. The number of para-hydroxylation sites is 1. The van der Waals surface area contributed by atoms with Crippen molar-refractivity contribution in [1.82, 2.24) is 14.5 Å². The molecule has 2 amide bonds. The molecule has 9 nitrogen and oxygen atoms in total. The molecule has 0 atom stereocenters. The van der Waals surface area contributed by atoms with Crippen molar-refractivity contribution in [2.45, 2.75) is 26.3 Å². The average Bonchev–Trinajstić information content (AvgIpc) is 2.91. The number of nitrogens with one attached hydrogen (secondary N) is 2. The molecule has 0 spiro atoms. The van der Waals surface area contributed by atoms with Gasteiger partial charge in [-0.15, -0.1) is 0 Å². The predicted molar refractivity (Wildman–Crippen MR) is 142 cm³/mol. The van der Waals surface area contributed by atoms with Gasteiger partial charge >= 0.3 is 5.69 Å². The maximum Gasteiger partial charge on any atom is 0.336 e. The fourth-order valence-electron chi connectivity index (χ4n) is 4.02. The molecule has 0 aliphatic carbocycles. The Hall–Kier alpha value is -4.66. The van der Waals surface area contributed by atoms with Crippen LogP contribution in [0, 0.1) is 0 Å². The molecule has 37 heavy (non-hydrogen) atoms. The monoisotopic (exact) mass is 500 g/mol. The van der Waals surface area contributed by atoms with Crippen molar-refractivity contribution in [1.29, 1.82) is 0 Å². The Morgan fingerprint density at radius 1 is 0.919 bits per heavy atom. The second-order valence-electron chi connectivity index (χ2n) is 8.50. The molecule has 0 aliphatic heterocycles. The average molecular weight is 501 g/mol. The Kier molecular flexibility index (Phi) is 7.83. The summed E-state index contributed by atoms with van der Waals surface area (Å²) in [6, 6.07) is 20.2. The fourth-order valence-corrected chi connectivity index (χ4v) is 4.02. The van der Waals surface area contributed by atoms with Gasteiger partial charge in [0.15, 0.2) is 0 Å². The van der Waals surface area contributed by atoms with E-state index in [1.807, 2.05) is 6.92 Å². The first kappa shape index (κ1) is 25.4. The van der Waals surface area contributed by atoms with Crippen LogP contribution in [0.25, 0.3) is 16.6 Å². The lowest BCUT2D eigenvalue weighted by Gasteiger charge is -2.15. The summed E-state index contributed by atoms with van der Waals surface area (Å²) < 4.78 is 7.51. The van der Waals surface area contributed by atoms with E-state index in [2.05, 4.69) is 10.6 Å². The van der Waals surface area contributed by atoms with E-state index in [1.165, 1.54) is 11.7 Å². The van der Waals surface area contributed by atoms with Crippen LogP contribution in [0.1, 0.15) is 18.9 Å². The van der Waals surface area contributed by atoms with Gasteiger partial charge in [-0.25, -0.2) is 9.36 Å². The highest BCUT2D eigenvalue weighted by molar-refractivity contribution is 5.92. The van der Waals surface area contributed by atoms with Crippen LogP contribution in [0.3, 0.4) is 0 Å². The molecule has 9 heteroatoms. The second kappa shape index (κ2) is 11.4. The van der Waals surface area contributed by atoms with Crippen LogP contribution in [0.15, 0.2) is 82.4 Å². The third-order valence-corrected chi connectivity index (χ3v) is 5.84. The lowest BCUT2D eigenvalue weighted by atomic mass is 10.1. The topological polar surface area (TPSA) is 111 Å². The van der Waals surface area contributed by atoms with Crippen molar-refractivity contribution >= 4 is 28.4 Å². The first-order valence-electron chi connectivity index (χ1n) is 12.0. The molecule has 2 N–H and O–H groups in total. The molecule has 1 heterocycles. The number of hydrogen-bond donors (Lipinski definition) is 2. The van der Waals surface area contributed by atoms with Crippen LogP contribution >= 0.6 is 0 Å². The smallest absolute Gasteiger partial charge is 0.336 e. The van der Waals surface area contributed by atoms with Gasteiger partial charge in [-0.05, 0) is 48.4 Å². The Morgan fingerprint density at radius 3 is 2.41 bits per heavy atom. The first-order valence-corrected chi connectivity index (χ1v) is 12.0. The number of carbonyl (C=O) groups is 2. The summed E-state index contributed by atoms with van der Waals surface area (Å²) in [5.74, 6) is 0.0567. The highest BCUT2D eigenvalue weighted by atomic mass is 16.5. The maximum atomic E-state index is 13.5. The van der Waals surface area contributed by atoms with Gasteiger partial charge < -0.3 is 15.4 Å². The van der Waals surface area contributed by atoms with Crippen LogP contribution in [0.2, 0.25) is 0 Å². The van der Waals surface area contributed by atoms with Gasteiger partial charge in [0, 0.05) is 18.3 Å². The second-order valence-corrected chi connectivity index (χ2v) is 8.50. The molecule has 0 saturated heterocycles. The van der Waals surface area contributed by atoms with Crippen molar-refractivity contribution in [3.63, 3.8) is 0 Å². The normalized spacial score (nSPS) is 10.8. The summed E-state index contributed by atoms with van der Waals surface area (Å²) in [4.78, 5) is 51.8. The minimum absolute atomic E-state index is 0.0955. The zero-order valence-corrected chi connectivity index (χ0v) is 20.7. The lowest BCUT2D eigenvalue weighted by Crippen LogP contribution is -2.40. The zero-order chi connectivity index (χ0) is 26.4. The molecule has 0 aliphatic rings. The summed E-state index contributed by atoms with van der Waals surface area (Å²) >= 11 is 0. The standard InChI is InChI=1S/C28H28N4O5/c1-3-15-29-25(33)16-19-11-13-21(14-12-19)32-27(35)23-9-4-5-10-24(23)31(28(32)36)18-26(34)30-20-7-6-8-22(17-20)37-2/h4-14,17H,3,15-16,18H2,1-2H3,(H,29,33)(H,30,34). The number of rotatable bonds is 9. The van der Waals surface area contributed by atoms with Gasteiger partial charge in [0.05, 0.1) is 30.1 Å². The Balaban J connectivity index is 1.68. The molecule has 0 bridgehead atoms. The molecule has 0 fully saturated rings. The minimum Gasteiger partial charge on any atom is -0.497 e. The minimum atomic E-state index is -0.641. The molecule has 0 saturated carbocycles. The highest BCUT2D eigenvalue weighted by Crippen LogP contribution is 2.17. The number of nitrogens with zero attached hydrogens (tertiary/aromatic N) is 2. The summed E-state index contributed by atoms with van der Waals surface area (Å²) in [6.45, 7) is 2.28. The van der Waals surface area contributed by atoms with E-state index in [0.717, 1.165) is 16.6 Å². The van der Waals surface area contributed by atoms with Crippen LogP contribution in [-0.4, -0.2) is 34.6 Å². The summed E-state index contributed by atoms with van der Waals surface area (Å²) in [5.41, 5.74) is 0.855. The number of benzene rings is 3. The molecule has 190 valence electrons. The number of aromatic nitrogens is 2. The van der Waals surface area contributed by atoms with Crippen LogP contribution in [-0.2, 0) is 22.6 Å². The van der Waals surface area contributed by atoms with Crippen molar-refractivity contribution in [3.8, 4) is 11.4 Å². The van der Waals surface area contributed by atoms with E-state index in [4.69, 9.17) is 4.74 Å². The number of hydrogen-bond acceptors (Lipinski definition) is 5. The number of ether oxygens (including phenoxy) is 1. The van der Waals surface area contributed by atoms with E-state index in [-0.39, 0.29) is 18.9 Å². The number of anilines is 1. The predicted octanol–water partition coefficient (Wildman–Crippen LogP) is 2.87. The SMILES string of the molecule is CCCNC(=O)Cc1ccc(-n2c(=O)c3ccccc3n(CC(=O)Nc3cccc(OC)c3)c2=O)cc1. The zero-order valence-electron chi connectivity index (χ0n) is 20.7. The number of amides is 2. The first-order chi connectivity index (χ1) is 17.9. The molecule has 3 aromatic carbocycles. The Labute approximate surface area is 213 Å². The summed E-state index contributed by atoms with van der Waals surface area (Å²) in [5, 5.41) is 5.89. The summed E-state index contributed by atoms with van der Waals surface area (Å²) in [7, 11) is 1.53. The van der Waals surface area contributed by atoms with Gasteiger partial charge in [-0.3, -0.25) is 19.0 Å². The number of fused-ring (bicyclic) bond motifs is 1. The fraction of sp³-hybridized carbons (Fsp3) is 0.214. The molecule has 0 unspecified atom stereocenters. The largest absolute Gasteiger partial charge is 0.497 e. The molecule has 0 radical (unpaired) electrons. The Morgan fingerprint density at radius 2 is 1.68 bits per heavy atom. The molecule has 1 aromatic heterocycles. The lowest BCUT2D eigenvalue weighted by molar-refractivity contribution is -0.120. The third kappa shape index (κ3) is 5.78. The maximum absolute atomic E-state index is 13.5. The van der Waals surface area contributed by atoms with E-state index in [1.54, 1.807) is 72.8 Å². The third-order valence-electron chi connectivity index (χ3n) is 5.84. The van der Waals surface area contributed by atoms with Crippen LogP contribution < -0.4 is 26.6 Å². The van der Waals surface area contributed by atoms with Crippen molar-refractivity contribution < 1.29 is 14.3 Å². The van der Waals surface area contributed by atoms with E-state index in [0.29, 0.717) is 34.6 Å². The van der Waals surface area contributed by atoms with Gasteiger partial charge in [0.25, 0.3) is 5.56 Å². The molecule has 4 aromatic rings. The van der Waals surface area contributed by atoms with Gasteiger partial charge in [0.2, 0.25) is 11.8 Å². The van der Waals surface area contributed by atoms with Gasteiger partial charge in [-0.2, -0.15) is 0 Å². The highest BCUT2D eigenvalue weighted by Gasteiger charge is 2.17. The molecular weight excluding hydrogens is 472 g/mol. The van der Waals surface area contributed by atoms with E-state index < -0.39 is 17.2 Å². The van der Waals surface area contributed by atoms with Crippen LogP contribution in [0.5, 0.6) is 5.75 Å². The number of carbonyl (C=O) groups excluding carboxylic acids is 2. The quantitative estimate of drug-likeness (QED) is 0.367. The van der Waals surface area contributed by atoms with E-state index >= 15 is 0 Å². The Bertz CT molecular complexity index is 1550. The van der Waals surface area contributed by atoms with Gasteiger partial charge in [0.1, 0.15) is 12.3 Å². The van der Waals surface area contributed by atoms with Gasteiger partial charge in [-0.1, -0.05) is 37.3 Å². The van der Waals surface area contributed by atoms with Crippen molar-refractivity contribution in [2.24, 2.45) is 0 Å². The summed E-state index contributed by atoms with van der Waals surface area (Å²) in [6.07, 6.45) is 1.04. The molecular formula is C28H28N4O5. The molecule has 4 rings (SSSR count).